The van der Waals surface area contributed by atoms with Crippen LogP contribution in [0.4, 0.5) is 5.69 Å². The van der Waals surface area contributed by atoms with Crippen LogP contribution in [0.5, 0.6) is 11.5 Å². The highest BCUT2D eigenvalue weighted by Crippen LogP contribution is 2.30. The van der Waals surface area contributed by atoms with Gasteiger partial charge in [0.2, 0.25) is 0 Å². The second-order valence-corrected chi connectivity index (χ2v) is 8.14. The first-order valence-corrected chi connectivity index (χ1v) is 11.7. The molecular weight excluding hydrogens is 438 g/mol. The number of anilines is 1. The fourth-order valence-corrected chi connectivity index (χ4v) is 3.73. The van der Waals surface area contributed by atoms with Gasteiger partial charge in [-0.15, -0.1) is 0 Å². The van der Waals surface area contributed by atoms with Gasteiger partial charge in [-0.05, 0) is 24.3 Å². The Hall–Kier alpha value is -2.37. The molecule has 0 saturated carbocycles. The van der Waals surface area contributed by atoms with E-state index in [4.69, 9.17) is 28.4 Å². The molecule has 2 aromatic rings. The van der Waals surface area contributed by atoms with Crippen molar-refractivity contribution in [3.63, 3.8) is 0 Å². The summed E-state index contributed by atoms with van der Waals surface area (Å²) < 4.78 is 60.5. The third-order valence-electron chi connectivity index (χ3n) is 4.08. The summed E-state index contributed by atoms with van der Waals surface area (Å²) in [5.41, 5.74) is 0.454. The summed E-state index contributed by atoms with van der Waals surface area (Å²) in [6.07, 6.45) is 0. The van der Waals surface area contributed by atoms with Crippen molar-refractivity contribution in [2.24, 2.45) is 0 Å². The van der Waals surface area contributed by atoms with E-state index in [0.717, 1.165) is 0 Å². The molecule has 0 aliphatic heterocycles. The Morgan fingerprint density at radius 2 is 1.31 bits per heavy atom. The lowest BCUT2D eigenvalue weighted by molar-refractivity contribution is 0.0529. The third-order valence-corrected chi connectivity index (χ3v) is 5.50. The minimum Gasteiger partial charge on any atom is -0.491 e. The van der Waals surface area contributed by atoms with Crippen molar-refractivity contribution in [1.82, 2.24) is 0 Å². The van der Waals surface area contributed by atoms with Gasteiger partial charge >= 0.3 is 0 Å². The van der Waals surface area contributed by atoms with E-state index in [-0.39, 0.29) is 23.9 Å². The van der Waals surface area contributed by atoms with Gasteiger partial charge in [-0.2, -0.15) is 0 Å². The van der Waals surface area contributed by atoms with Crippen molar-refractivity contribution in [2.75, 3.05) is 71.8 Å². The third kappa shape index (κ3) is 9.41. The van der Waals surface area contributed by atoms with Gasteiger partial charge in [0, 0.05) is 26.0 Å². The maximum atomic E-state index is 13.0. The van der Waals surface area contributed by atoms with Crippen LogP contribution in [0.1, 0.15) is 0 Å². The predicted octanol–water partition coefficient (Wildman–Crippen LogP) is 2.57. The Kier molecular flexibility index (Phi) is 11.8. The average Bonchev–Trinajstić information content (AvgIpc) is 2.79. The van der Waals surface area contributed by atoms with Crippen molar-refractivity contribution in [3.05, 3.63) is 48.5 Å². The molecule has 0 atom stereocenters. The highest BCUT2D eigenvalue weighted by atomic mass is 32.2. The lowest BCUT2D eigenvalue weighted by Crippen LogP contribution is -2.16. The number of hydrogen-bond donors (Lipinski definition) is 1. The molecule has 0 heterocycles. The van der Waals surface area contributed by atoms with Crippen LogP contribution < -0.4 is 14.2 Å². The maximum Gasteiger partial charge on any atom is 0.265 e. The Morgan fingerprint density at radius 3 is 1.94 bits per heavy atom. The predicted molar refractivity (Wildman–Crippen MR) is 120 cm³/mol. The summed E-state index contributed by atoms with van der Waals surface area (Å²) >= 11 is 0. The van der Waals surface area contributed by atoms with Crippen LogP contribution in [-0.4, -0.2) is 75.5 Å². The zero-order valence-corrected chi connectivity index (χ0v) is 19.3. The number of rotatable bonds is 17. The van der Waals surface area contributed by atoms with Crippen molar-refractivity contribution >= 4 is 15.7 Å². The van der Waals surface area contributed by atoms with E-state index in [0.29, 0.717) is 51.1 Å². The summed E-state index contributed by atoms with van der Waals surface area (Å²) in [6.45, 7) is 3.00. The van der Waals surface area contributed by atoms with Crippen LogP contribution in [0.3, 0.4) is 0 Å². The molecule has 10 heteroatoms. The van der Waals surface area contributed by atoms with Crippen LogP contribution in [0.2, 0.25) is 0 Å². The molecule has 1 N–H and O–H groups in total. The molecule has 32 heavy (non-hydrogen) atoms. The molecule has 2 aromatic carbocycles. The zero-order chi connectivity index (χ0) is 23.1. The van der Waals surface area contributed by atoms with Gasteiger partial charge in [-0.1, -0.05) is 18.2 Å². The van der Waals surface area contributed by atoms with Gasteiger partial charge in [0.25, 0.3) is 10.0 Å². The average molecular weight is 470 g/mol. The van der Waals surface area contributed by atoms with E-state index in [1.165, 1.54) is 6.07 Å². The Labute approximate surface area is 189 Å². The van der Waals surface area contributed by atoms with E-state index in [9.17, 15) is 8.42 Å². The smallest absolute Gasteiger partial charge is 0.265 e. The number of para-hydroxylation sites is 1. The van der Waals surface area contributed by atoms with Crippen molar-refractivity contribution in [3.8, 4) is 11.5 Å². The van der Waals surface area contributed by atoms with Crippen LogP contribution in [0.25, 0.3) is 0 Å². The largest absolute Gasteiger partial charge is 0.491 e. The molecule has 0 aromatic heterocycles. The summed E-state index contributed by atoms with van der Waals surface area (Å²) in [4.78, 5) is 0.00180. The SMILES string of the molecule is COCCOCCOc1ccc(S(=O)(=O)Nc2ccccc2)c(OCCOCCOC)c1. The molecular formula is C22H31NO8S. The number of sulfonamides is 1. The fourth-order valence-electron chi connectivity index (χ4n) is 2.55. The Balaban J connectivity index is 2.06. The van der Waals surface area contributed by atoms with Crippen molar-refractivity contribution < 1.29 is 36.8 Å². The van der Waals surface area contributed by atoms with E-state index in [2.05, 4.69) is 4.72 Å². The van der Waals surface area contributed by atoms with Gasteiger partial charge in [0.1, 0.15) is 29.6 Å². The molecule has 0 aliphatic rings. The molecule has 9 nitrogen and oxygen atoms in total. The monoisotopic (exact) mass is 469 g/mol. The van der Waals surface area contributed by atoms with Gasteiger partial charge in [-0.3, -0.25) is 4.72 Å². The number of ether oxygens (including phenoxy) is 6. The molecule has 0 spiro atoms. The van der Waals surface area contributed by atoms with Crippen LogP contribution in [-0.2, 0) is 29.0 Å². The molecule has 0 fully saturated rings. The minimum absolute atomic E-state index is 0.00180. The first kappa shape index (κ1) is 25.9. The highest BCUT2D eigenvalue weighted by Gasteiger charge is 2.21. The molecule has 0 radical (unpaired) electrons. The number of methoxy groups -OCH3 is 2. The van der Waals surface area contributed by atoms with Gasteiger partial charge in [0.15, 0.2) is 0 Å². The lowest BCUT2D eigenvalue weighted by Gasteiger charge is -2.15. The summed E-state index contributed by atoms with van der Waals surface area (Å²) in [7, 11) is -0.686. The number of hydrogen-bond acceptors (Lipinski definition) is 8. The quantitative estimate of drug-likeness (QED) is 0.353. The van der Waals surface area contributed by atoms with Crippen molar-refractivity contribution in [1.29, 1.82) is 0 Å². The number of benzene rings is 2. The summed E-state index contributed by atoms with van der Waals surface area (Å²) in [5.74, 6) is 0.635. The summed E-state index contributed by atoms with van der Waals surface area (Å²) in [6, 6.07) is 13.2. The fraction of sp³-hybridized carbons (Fsp3) is 0.455. The van der Waals surface area contributed by atoms with Crippen LogP contribution in [0, 0.1) is 0 Å². The second-order valence-electron chi connectivity index (χ2n) is 6.49. The standard InChI is InChI=1S/C22H31NO8S/c1-26-10-12-28-14-16-30-20-8-9-22(21(18-20)31-17-15-29-13-11-27-2)32(24,25)23-19-6-4-3-5-7-19/h3-9,18,23H,10-17H2,1-2H3. The molecule has 0 aliphatic carbocycles. The minimum atomic E-state index is -3.88. The van der Waals surface area contributed by atoms with Gasteiger partial charge < -0.3 is 28.4 Å². The molecule has 0 bridgehead atoms. The topological polar surface area (TPSA) is 102 Å². The molecule has 0 unspecified atom stereocenters. The van der Waals surface area contributed by atoms with Crippen molar-refractivity contribution in [2.45, 2.75) is 4.90 Å². The first-order valence-electron chi connectivity index (χ1n) is 10.2. The van der Waals surface area contributed by atoms with E-state index in [1.54, 1.807) is 56.7 Å². The highest BCUT2D eigenvalue weighted by molar-refractivity contribution is 7.92. The van der Waals surface area contributed by atoms with E-state index < -0.39 is 10.0 Å². The van der Waals surface area contributed by atoms with Crippen LogP contribution >= 0.6 is 0 Å². The van der Waals surface area contributed by atoms with Gasteiger partial charge in [0.05, 0.1) is 39.6 Å². The normalized spacial score (nSPS) is 11.3. The van der Waals surface area contributed by atoms with Gasteiger partial charge in [-0.25, -0.2) is 8.42 Å². The van der Waals surface area contributed by atoms with E-state index in [1.807, 2.05) is 0 Å². The van der Waals surface area contributed by atoms with Crippen LogP contribution in [0.15, 0.2) is 53.4 Å². The number of nitrogens with one attached hydrogen (secondary N) is 1. The Bertz CT molecular complexity index is 877. The Morgan fingerprint density at radius 1 is 0.719 bits per heavy atom. The molecule has 178 valence electrons. The van der Waals surface area contributed by atoms with E-state index >= 15 is 0 Å². The second kappa shape index (κ2) is 14.6. The molecule has 2 rings (SSSR count). The maximum absolute atomic E-state index is 13.0. The lowest BCUT2D eigenvalue weighted by atomic mass is 10.3. The molecule has 0 amide bonds. The summed E-state index contributed by atoms with van der Waals surface area (Å²) in [5, 5.41) is 0. The first-order chi connectivity index (χ1) is 15.6. The molecule has 0 saturated heterocycles. The zero-order valence-electron chi connectivity index (χ0n) is 18.4.